The standard InChI is InChI=1S/C24H25N3O4S/c1-2-31-20-10-6-7-18(15-20)16-21-23(29)27(24(30)32-21)17-22(28)26-13-11-25(12-14-26)19-8-4-3-5-9-19/h3-10,15-16H,2,11-14,17H2,1H3/b21-16-. The van der Waals surface area contributed by atoms with Crippen molar-refractivity contribution in [2.45, 2.75) is 6.92 Å². The number of thioether (sulfide) groups is 1. The van der Waals surface area contributed by atoms with Gasteiger partial charge in [0.15, 0.2) is 0 Å². The van der Waals surface area contributed by atoms with Gasteiger partial charge in [-0.1, -0.05) is 30.3 Å². The van der Waals surface area contributed by atoms with Crippen LogP contribution in [0.1, 0.15) is 12.5 Å². The Morgan fingerprint density at radius 3 is 2.50 bits per heavy atom. The smallest absolute Gasteiger partial charge is 0.294 e. The molecule has 2 fully saturated rings. The molecule has 2 aromatic rings. The van der Waals surface area contributed by atoms with Gasteiger partial charge in [0.2, 0.25) is 5.91 Å². The van der Waals surface area contributed by atoms with E-state index in [2.05, 4.69) is 4.90 Å². The SMILES string of the molecule is CCOc1cccc(/C=C2\SC(=O)N(CC(=O)N3CCN(c4ccccc4)CC3)C2=O)c1. The van der Waals surface area contributed by atoms with Crippen molar-refractivity contribution in [3.05, 3.63) is 65.1 Å². The number of rotatable bonds is 6. The zero-order valence-corrected chi connectivity index (χ0v) is 18.7. The number of carbonyl (C=O) groups excluding carboxylic acids is 3. The first kappa shape index (κ1) is 22.0. The number of hydrogen-bond donors (Lipinski definition) is 0. The van der Waals surface area contributed by atoms with Gasteiger partial charge in [0.1, 0.15) is 12.3 Å². The van der Waals surface area contributed by atoms with Gasteiger partial charge in [-0.2, -0.15) is 0 Å². The van der Waals surface area contributed by atoms with Gasteiger partial charge in [0.05, 0.1) is 11.5 Å². The van der Waals surface area contributed by atoms with E-state index in [0.717, 1.165) is 27.9 Å². The highest BCUT2D eigenvalue weighted by atomic mass is 32.2. The van der Waals surface area contributed by atoms with Crippen LogP contribution in [-0.4, -0.2) is 66.2 Å². The topological polar surface area (TPSA) is 70.2 Å². The fourth-order valence-corrected chi connectivity index (χ4v) is 4.57. The zero-order chi connectivity index (χ0) is 22.5. The molecule has 7 nitrogen and oxygen atoms in total. The Balaban J connectivity index is 1.36. The Morgan fingerprint density at radius 2 is 1.78 bits per heavy atom. The molecule has 32 heavy (non-hydrogen) atoms. The van der Waals surface area contributed by atoms with Crippen LogP contribution < -0.4 is 9.64 Å². The third kappa shape index (κ3) is 4.96. The maximum Gasteiger partial charge on any atom is 0.294 e. The van der Waals surface area contributed by atoms with Gasteiger partial charge in [-0.15, -0.1) is 0 Å². The molecule has 0 saturated carbocycles. The largest absolute Gasteiger partial charge is 0.494 e. The van der Waals surface area contributed by atoms with Crippen LogP contribution in [0.4, 0.5) is 10.5 Å². The number of imide groups is 1. The third-order valence-corrected chi connectivity index (χ3v) is 6.29. The van der Waals surface area contributed by atoms with Crippen LogP contribution in [0.3, 0.4) is 0 Å². The molecule has 0 aliphatic carbocycles. The number of hydrogen-bond acceptors (Lipinski definition) is 6. The molecular formula is C24H25N3O4S. The summed E-state index contributed by atoms with van der Waals surface area (Å²) in [5.74, 6) is 0.0583. The molecule has 166 valence electrons. The Bertz CT molecular complexity index is 1030. The lowest BCUT2D eigenvalue weighted by atomic mass is 10.2. The Labute approximate surface area is 191 Å². The van der Waals surface area contributed by atoms with Crippen LogP contribution in [0.2, 0.25) is 0 Å². The van der Waals surface area contributed by atoms with E-state index >= 15 is 0 Å². The summed E-state index contributed by atoms with van der Waals surface area (Å²) in [4.78, 5) is 43.3. The number of amides is 3. The summed E-state index contributed by atoms with van der Waals surface area (Å²) >= 11 is 0.861. The second kappa shape index (κ2) is 9.91. The lowest BCUT2D eigenvalue weighted by molar-refractivity contribution is -0.136. The van der Waals surface area contributed by atoms with Gasteiger partial charge in [0, 0.05) is 31.9 Å². The molecule has 0 spiro atoms. The molecule has 2 aliphatic rings. The molecule has 2 heterocycles. The molecule has 3 amide bonds. The second-order valence-corrected chi connectivity index (χ2v) is 8.47. The Hall–Kier alpha value is -3.26. The van der Waals surface area contributed by atoms with Crippen molar-refractivity contribution >= 4 is 40.6 Å². The highest BCUT2D eigenvalue weighted by Gasteiger charge is 2.37. The van der Waals surface area contributed by atoms with Gasteiger partial charge in [0.25, 0.3) is 11.1 Å². The Kier molecular flexibility index (Phi) is 6.80. The first-order valence-corrected chi connectivity index (χ1v) is 11.4. The van der Waals surface area contributed by atoms with Crippen molar-refractivity contribution in [1.29, 1.82) is 0 Å². The molecule has 0 bridgehead atoms. The molecule has 8 heteroatoms. The number of ether oxygens (including phenoxy) is 1. The molecular weight excluding hydrogens is 426 g/mol. The second-order valence-electron chi connectivity index (χ2n) is 7.48. The minimum Gasteiger partial charge on any atom is -0.494 e. The van der Waals surface area contributed by atoms with Crippen molar-refractivity contribution in [3.63, 3.8) is 0 Å². The summed E-state index contributed by atoms with van der Waals surface area (Å²) < 4.78 is 5.48. The molecule has 4 rings (SSSR count). The van der Waals surface area contributed by atoms with Gasteiger partial charge < -0.3 is 14.5 Å². The van der Waals surface area contributed by atoms with Crippen molar-refractivity contribution < 1.29 is 19.1 Å². The summed E-state index contributed by atoms with van der Waals surface area (Å²) in [7, 11) is 0. The van der Waals surface area contributed by atoms with Crippen LogP contribution in [-0.2, 0) is 9.59 Å². The average Bonchev–Trinajstić information content (AvgIpc) is 3.07. The molecule has 2 saturated heterocycles. The number of carbonyl (C=O) groups is 3. The molecule has 0 unspecified atom stereocenters. The van der Waals surface area contributed by atoms with Crippen LogP contribution in [0.15, 0.2) is 59.5 Å². The number of anilines is 1. The maximum atomic E-state index is 12.8. The summed E-state index contributed by atoms with van der Waals surface area (Å²) in [6.45, 7) is 4.76. The van der Waals surface area contributed by atoms with Crippen LogP contribution >= 0.6 is 11.8 Å². The summed E-state index contributed by atoms with van der Waals surface area (Å²) in [6.07, 6.45) is 1.66. The molecule has 0 aromatic heterocycles. The molecule has 2 aromatic carbocycles. The van der Waals surface area contributed by atoms with Crippen LogP contribution in [0.25, 0.3) is 6.08 Å². The first-order chi connectivity index (χ1) is 15.5. The number of para-hydroxylation sites is 1. The minimum absolute atomic E-state index is 0.209. The number of piperazine rings is 1. The van der Waals surface area contributed by atoms with E-state index in [1.54, 1.807) is 11.0 Å². The lowest BCUT2D eigenvalue weighted by Gasteiger charge is -2.36. The van der Waals surface area contributed by atoms with E-state index in [0.29, 0.717) is 43.4 Å². The predicted molar refractivity (Wildman–Crippen MR) is 126 cm³/mol. The van der Waals surface area contributed by atoms with Crippen LogP contribution in [0.5, 0.6) is 5.75 Å². The maximum absolute atomic E-state index is 12.8. The van der Waals surface area contributed by atoms with Crippen molar-refractivity contribution in [1.82, 2.24) is 9.80 Å². The quantitative estimate of drug-likeness (QED) is 0.627. The average molecular weight is 452 g/mol. The van der Waals surface area contributed by atoms with E-state index in [-0.39, 0.29) is 12.5 Å². The third-order valence-electron chi connectivity index (χ3n) is 5.39. The molecule has 0 N–H and O–H groups in total. The van der Waals surface area contributed by atoms with Gasteiger partial charge in [-0.3, -0.25) is 19.3 Å². The van der Waals surface area contributed by atoms with Crippen molar-refractivity contribution in [2.75, 3.05) is 44.2 Å². The highest BCUT2D eigenvalue weighted by Crippen LogP contribution is 2.32. The summed E-state index contributed by atoms with van der Waals surface area (Å²) in [6, 6.07) is 17.4. The number of benzene rings is 2. The number of nitrogens with zero attached hydrogens (tertiary/aromatic N) is 3. The van der Waals surface area contributed by atoms with Crippen LogP contribution in [0, 0.1) is 0 Å². The minimum atomic E-state index is -0.432. The van der Waals surface area contributed by atoms with Crippen molar-refractivity contribution in [3.8, 4) is 5.75 Å². The Morgan fingerprint density at radius 1 is 1.03 bits per heavy atom. The van der Waals surface area contributed by atoms with Gasteiger partial charge >= 0.3 is 0 Å². The summed E-state index contributed by atoms with van der Waals surface area (Å²) in [5.41, 5.74) is 1.90. The van der Waals surface area contributed by atoms with E-state index in [9.17, 15) is 14.4 Å². The highest BCUT2D eigenvalue weighted by molar-refractivity contribution is 8.18. The van der Waals surface area contributed by atoms with E-state index in [1.165, 1.54) is 0 Å². The van der Waals surface area contributed by atoms with Gasteiger partial charge in [-0.25, -0.2) is 0 Å². The summed E-state index contributed by atoms with van der Waals surface area (Å²) in [5, 5.41) is -0.418. The van der Waals surface area contributed by atoms with Gasteiger partial charge in [-0.05, 0) is 54.6 Å². The van der Waals surface area contributed by atoms with E-state index in [1.807, 2.05) is 61.5 Å². The fraction of sp³-hybridized carbons (Fsp3) is 0.292. The van der Waals surface area contributed by atoms with Crippen molar-refractivity contribution in [2.24, 2.45) is 0 Å². The molecule has 0 radical (unpaired) electrons. The lowest BCUT2D eigenvalue weighted by Crippen LogP contribution is -2.51. The molecule has 0 atom stereocenters. The zero-order valence-electron chi connectivity index (χ0n) is 17.9. The van der Waals surface area contributed by atoms with E-state index in [4.69, 9.17) is 4.74 Å². The predicted octanol–water partition coefficient (Wildman–Crippen LogP) is 3.47. The molecule has 2 aliphatic heterocycles. The first-order valence-electron chi connectivity index (χ1n) is 10.6. The van der Waals surface area contributed by atoms with E-state index < -0.39 is 11.1 Å². The fourth-order valence-electron chi connectivity index (χ4n) is 3.74. The normalized spacial score (nSPS) is 17.9. The monoisotopic (exact) mass is 451 g/mol.